The third-order valence-corrected chi connectivity index (χ3v) is 4.75. The molecular formula is C17H25N3O2. The Balaban J connectivity index is 1.88. The predicted octanol–water partition coefficient (Wildman–Crippen LogP) is 1.86. The summed E-state index contributed by atoms with van der Waals surface area (Å²) in [5.41, 5.74) is 8.35. The number of ether oxygens (including phenoxy) is 1. The molecule has 0 aliphatic carbocycles. The molecule has 120 valence electrons. The second-order valence-corrected chi connectivity index (χ2v) is 6.33. The van der Waals surface area contributed by atoms with Gasteiger partial charge in [-0.15, -0.1) is 0 Å². The van der Waals surface area contributed by atoms with Crippen molar-refractivity contribution in [2.75, 3.05) is 49.2 Å². The van der Waals surface area contributed by atoms with Gasteiger partial charge in [-0.2, -0.15) is 0 Å². The highest BCUT2D eigenvalue weighted by atomic mass is 16.5. The van der Waals surface area contributed by atoms with Crippen molar-refractivity contribution >= 4 is 17.3 Å². The lowest BCUT2D eigenvalue weighted by molar-refractivity contribution is 0.100. The highest BCUT2D eigenvalue weighted by Crippen LogP contribution is 2.30. The molecule has 2 saturated heterocycles. The van der Waals surface area contributed by atoms with Crippen LogP contribution in [0.2, 0.25) is 0 Å². The topological polar surface area (TPSA) is 58.8 Å². The van der Waals surface area contributed by atoms with E-state index in [1.54, 1.807) is 0 Å². The van der Waals surface area contributed by atoms with E-state index in [2.05, 4.69) is 22.8 Å². The average Bonchev–Trinajstić information content (AvgIpc) is 2.56. The summed E-state index contributed by atoms with van der Waals surface area (Å²) >= 11 is 0. The molecule has 0 unspecified atom stereocenters. The van der Waals surface area contributed by atoms with Crippen molar-refractivity contribution in [2.24, 2.45) is 11.7 Å². The molecule has 0 bridgehead atoms. The average molecular weight is 303 g/mol. The fourth-order valence-electron chi connectivity index (χ4n) is 3.26. The Morgan fingerprint density at radius 1 is 1.14 bits per heavy atom. The monoisotopic (exact) mass is 303 g/mol. The maximum atomic E-state index is 11.8. The van der Waals surface area contributed by atoms with Crippen LogP contribution in [0.4, 0.5) is 11.4 Å². The Morgan fingerprint density at radius 2 is 1.82 bits per heavy atom. The summed E-state index contributed by atoms with van der Waals surface area (Å²) in [5, 5.41) is 0. The normalized spacial score (nSPS) is 20.2. The van der Waals surface area contributed by atoms with E-state index in [0.717, 1.165) is 56.7 Å². The number of amides is 1. The maximum absolute atomic E-state index is 11.8. The van der Waals surface area contributed by atoms with Crippen molar-refractivity contribution in [1.82, 2.24) is 0 Å². The third kappa shape index (κ3) is 3.19. The molecule has 3 rings (SSSR count). The van der Waals surface area contributed by atoms with Crippen molar-refractivity contribution in [3.8, 4) is 0 Å². The van der Waals surface area contributed by atoms with Gasteiger partial charge in [0.2, 0.25) is 0 Å². The minimum absolute atomic E-state index is 0.345. The second-order valence-electron chi connectivity index (χ2n) is 6.33. The lowest BCUT2D eigenvalue weighted by Crippen LogP contribution is -2.37. The van der Waals surface area contributed by atoms with Gasteiger partial charge < -0.3 is 20.3 Å². The second kappa shape index (κ2) is 6.57. The van der Waals surface area contributed by atoms with Gasteiger partial charge in [0.25, 0.3) is 5.91 Å². The molecule has 0 radical (unpaired) electrons. The molecule has 1 aromatic carbocycles. The first-order valence-electron chi connectivity index (χ1n) is 8.16. The summed E-state index contributed by atoms with van der Waals surface area (Å²) in [6, 6.07) is 6.00. The molecule has 2 fully saturated rings. The predicted molar refractivity (Wildman–Crippen MR) is 88.6 cm³/mol. The highest BCUT2D eigenvalue weighted by molar-refractivity contribution is 5.99. The molecule has 2 aliphatic rings. The Bertz CT molecular complexity index is 533. The lowest BCUT2D eigenvalue weighted by atomic mass is 9.97. The van der Waals surface area contributed by atoms with Gasteiger partial charge in [0, 0.05) is 31.9 Å². The molecule has 0 spiro atoms. The van der Waals surface area contributed by atoms with E-state index >= 15 is 0 Å². The number of piperidine rings is 1. The van der Waals surface area contributed by atoms with Crippen LogP contribution in [-0.4, -0.2) is 45.3 Å². The van der Waals surface area contributed by atoms with Crippen LogP contribution in [0.25, 0.3) is 0 Å². The zero-order chi connectivity index (χ0) is 15.5. The largest absolute Gasteiger partial charge is 0.378 e. The molecule has 2 heterocycles. The van der Waals surface area contributed by atoms with Crippen LogP contribution in [0.15, 0.2) is 18.2 Å². The summed E-state index contributed by atoms with van der Waals surface area (Å²) in [5.74, 6) is 0.415. The number of benzene rings is 1. The molecular weight excluding hydrogens is 278 g/mol. The van der Waals surface area contributed by atoms with Gasteiger partial charge in [-0.1, -0.05) is 6.92 Å². The molecule has 2 N–H and O–H groups in total. The van der Waals surface area contributed by atoms with E-state index < -0.39 is 0 Å². The van der Waals surface area contributed by atoms with E-state index in [1.165, 1.54) is 12.8 Å². The first-order valence-corrected chi connectivity index (χ1v) is 8.16. The van der Waals surface area contributed by atoms with Gasteiger partial charge in [-0.05, 0) is 37.0 Å². The molecule has 0 aromatic heterocycles. The van der Waals surface area contributed by atoms with Crippen LogP contribution >= 0.6 is 0 Å². The number of hydrogen-bond acceptors (Lipinski definition) is 4. The number of nitrogens with zero attached hydrogens (tertiary/aromatic N) is 2. The summed E-state index contributed by atoms with van der Waals surface area (Å²) in [7, 11) is 0. The minimum atomic E-state index is -0.345. The lowest BCUT2D eigenvalue weighted by Gasteiger charge is -2.35. The minimum Gasteiger partial charge on any atom is -0.378 e. The fraction of sp³-hybridized carbons (Fsp3) is 0.588. The van der Waals surface area contributed by atoms with Crippen molar-refractivity contribution in [1.29, 1.82) is 0 Å². The number of carbonyl (C=O) groups is 1. The Morgan fingerprint density at radius 3 is 2.45 bits per heavy atom. The van der Waals surface area contributed by atoms with Gasteiger partial charge in [0.05, 0.1) is 24.5 Å². The van der Waals surface area contributed by atoms with Crippen LogP contribution in [0.1, 0.15) is 30.1 Å². The molecule has 0 saturated carbocycles. The van der Waals surface area contributed by atoms with Crippen molar-refractivity contribution < 1.29 is 9.53 Å². The number of carbonyl (C=O) groups excluding carboxylic acids is 1. The number of primary amides is 1. The first kappa shape index (κ1) is 15.2. The number of nitrogens with two attached hydrogens (primary N) is 1. The number of morpholine rings is 1. The SMILES string of the molecule is CC1CCN(c2cc(N3CCOCC3)ccc2C(N)=O)CC1. The molecule has 5 nitrogen and oxygen atoms in total. The molecule has 22 heavy (non-hydrogen) atoms. The number of rotatable bonds is 3. The van der Waals surface area contributed by atoms with E-state index in [4.69, 9.17) is 10.5 Å². The Kier molecular flexibility index (Phi) is 4.52. The van der Waals surface area contributed by atoms with Gasteiger partial charge in [-0.3, -0.25) is 4.79 Å². The summed E-state index contributed by atoms with van der Waals surface area (Å²) in [6.45, 7) is 7.58. The van der Waals surface area contributed by atoms with E-state index in [0.29, 0.717) is 5.56 Å². The van der Waals surface area contributed by atoms with Gasteiger partial charge in [-0.25, -0.2) is 0 Å². The smallest absolute Gasteiger partial charge is 0.250 e. The van der Waals surface area contributed by atoms with Crippen molar-refractivity contribution in [3.05, 3.63) is 23.8 Å². The van der Waals surface area contributed by atoms with Crippen LogP contribution < -0.4 is 15.5 Å². The van der Waals surface area contributed by atoms with E-state index in [1.807, 2.05) is 12.1 Å². The van der Waals surface area contributed by atoms with Crippen LogP contribution in [-0.2, 0) is 4.74 Å². The molecule has 1 aromatic rings. The van der Waals surface area contributed by atoms with E-state index in [-0.39, 0.29) is 5.91 Å². The maximum Gasteiger partial charge on any atom is 0.250 e. The number of anilines is 2. The summed E-state index contributed by atoms with van der Waals surface area (Å²) < 4.78 is 5.42. The molecule has 5 heteroatoms. The van der Waals surface area contributed by atoms with Crippen LogP contribution in [0, 0.1) is 5.92 Å². The zero-order valence-corrected chi connectivity index (χ0v) is 13.3. The van der Waals surface area contributed by atoms with Gasteiger partial charge in [0.15, 0.2) is 0 Å². The highest BCUT2D eigenvalue weighted by Gasteiger charge is 2.22. The zero-order valence-electron chi connectivity index (χ0n) is 13.3. The quantitative estimate of drug-likeness (QED) is 0.926. The summed E-state index contributed by atoms with van der Waals surface area (Å²) in [6.07, 6.45) is 2.33. The van der Waals surface area contributed by atoms with E-state index in [9.17, 15) is 4.79 Å². The van der Waals surface area contributed by atoms with Crippen molar-refractivity contribution in [2.45, 2.75) is 19.8 Å². The van der Waals surface area contributed by atoms with Crippen molar-refractivity contribution in [3.63, 3.8) is 0 Å². The van der Waals surface area contributed by atoms with Gasteiger partial charge >= 0.3 is 0 Å². The molecule has 2 aliphatic heterocycles. The van der Waals surface area contributed by atoms with Gasteiger partial charge in [0.1, 0.15) is 0 Å². The number of hydrogen-bond donors (Lipinski definition) is 1. The Hall–Kier alpha value is -1.75. The molecule has 0 atom stereocenters. The van der Waals surface area contributed by atoms with Crippen LogP contribution in [0.5, 0.6) is 0 Å². The first-order chi connectivity index (χ1) is 10.6. The summed E-state index contributed by atoms with van der Waals surface area (Å²) in [4.78, 5) is 16.4. The third-order valence-electron chi connectivity index (χ3n) is 4.75. The Labute approximate surface area is 132 Å². The standard InChI is InChI=1S/C17H25N3O2/c1-13-4-6-20(7-5-13)16-12-14(2-3-15(16)17(18)21)19-8-10-22-11-9-19/h2-3,12-13H,4-11H2,1H3,(H2,18,21). The van der Waals surface area contributed by atoms with Crippen LogP contribution in [0.3, 0.4) is 0 Å². The fourth-order valence-corrected chi connectivity index (χ4v) is 3.26. The molecule has 1 amide bonds.